The van der Waals surface area contributed by atoms with Crippen molar-refractivity contribution in [2.75, 3.05) is 6.61 Å². The van der Waals surface area contributed by atoms with Crippen LogP contribution in [0.2, 0.25) is 0 Å². The van der Waals surface area contributed by atoms with Gasteiger partial charge in [0, 0.05) is 6.08 Å². The van der Waals surface area contributed by atoms with Gasteiger partial charge in [-0.05, 0) is 0 Å². The van der Waals surface area contributed by atoms with Gasteiger partial charge in [0.1, 0.15) is 6.61 Å². The number of carbonyl (C=O) groups excluding carboxylic acids is 1. The van der Waals surface area contributed by atoms with Crippen LogP contribution in [0.15, 0.2) is 12.7 Å². The molecule has 0 aromatic heterocycles. The van der Waals surface area contributed by atoms with Gasteiger partial charge >= 0.3 is 35.8 Å². The Kier molecular flexibility index (Phi) is 5.97. The molecule has 0 saturated heterocycles. The number of carbonyl (C=O) groups is 1. The van der Waals surface area contributed by atoms with Crippen molar-refractivity contribution in [3.8, 4) is 0 Å². The molecule has 0 bridgehead atoms. The van der Waals surface area contributed by atoms with Crippen molar-refractivity contribution in [1.29, 1.82) is 0 Å². The van der Waals surface area contributed by atoms with Gasteiger partial charge < -0.3 is 4.74 Å². The maximum atomic E-state index is 13.4. The van der Waals surface area contributed by atoms with E-state index in [0.29, 0.717) is 6.08 Å². The van der Waals surface area contributed by atoms with Crippen molar-refractivity contribution >= 4 is 5.97 Å². The van der Waals surface area contributed by atoms with Gasteiger partial charge in [-0.25, -0.2) is 4.79 Å². The van der Waals surface area contributed by atoms with Crippen LogP contribution in [0.1, 0.15) is 6.92 Å². The van der Waals surface area contributed by atoms with Crippen LogP contribution in [-0.4, -0.2) is 42.4 Å². The first kappa shape index (κ1) is 22.4. The van der Waals surface area contributed by atoms with E-state index < -0.39 is 48.4 Å². The number of hydrogen-bond acceptors (Lipinski definition) is 2. The van der Waals surface area contributed by atoms with Crippen LogP contribution < -0.4 is 0 Å². The third-order valence-electron chi connectivity index (χ3n) is 2.82. The van der Waals surface area contributed by atoms with Gasteiger partial charge in [-0.15, -0.1) is 0 Å². The maximum absolute atomic E-state index is 13.4. The first-order valence-electron chi connectivity index (χ1n) is 5.75. The third-order valence-corrected chi connectivity index (χ3v) is 2.82. The van der Waals surface area contributed by atoms with E-state index in [-0.39, 0.29) is 6.92 Å². The second-order valence-electron chi connectivity index (χ2n) is 4.58. The highest BCUT2D eigenvalue weighted by Crippen LogP contribution is 2.58. The summed E-state index contributed by atoms with van der Waals surface area (Å²) in [5.74, 6) is -32.6. The van der Waals surface area contributed by atoms with E-state index in [2.05, 4.69) is 11.3 Å². The Hall–Kier alpha value is -1.56. The lowest BCUT2D eigenvalue weighted by Crippen LogP contribution is -2.67. The molecule has 24 heavy (non-hydrogen) atoms. The van der Waals surface area contributed by atoms with Crippen LogP contribution in [0.3, 0.4) is 0 Å². The third kappa shape index (κ3) is 3.43. The number of alkyl halides is 11. The van der Waals surface area contributed by atoms with E-state index in [9.17, 15) is 53.1 Å². The molecule has 0 fully saturated rings. The van der Waals surface area contributed by atoms with E-state index in [1.165, 1.54) is 0 Å². The molecule has 0 aliphatic heterocycles. The minimum atomic E-state index is -7.47. The normalized spacial score (nSPS) is 15.8. The molecule has 0 aliphatic carbocycles. The summed E-state index contributed by atoms with van der Waals surface area (Å²) in [5, 5.41) is 0. The lowest BCUT2D eigenvalue weighted by atomic mass is 9.90. The number of rotatable bonds is 7. The lowest BCUT2D eigenvalue weighted by Gasteiger charge is -2.39. The van der Waals surface area contributed by atoms with Crippen LogP contribution in [-0.2, 0) is 9.53 Å². The lowest BCUT2D eigenvalue weighted by molar-refractivity contribution is -0.426. The summed E-state index contributed by atoms with van der Waals surface area (Å²) < 4.78 is 144. The van der Waals surface area contributed by atoms with E-state index in [1.54, 1.807) is 0 Å². The summed E-state index contributed by atoms with van der Waals surface area (Å²) in [5.41, 5.74) is 0. The Balaban J connectivity index is 5.75. The SMILES string of the molecule is C=CC(=O)OCC(C)C(F)(F)C(F)(F)C(F)(F)C(F)(F)C(F)(F)F. The average molecular weight is 382 g/mol. The van der Waals surface area contributed by atoms with Gasteiger partial charge in [0.15, 0.2) is 0 Å². The molecule has 0 aromatic rings. The van der Waals surface area contributed by atoms with Crippen LogP contribution in [0, 0.1) is 5.92 Å². The molecular weight excluding hydrogens is 373 g/mol. The van der Waals surface area contributed by atoms with Crippen molar-refractivity contribution in [2.24, 2.45) is 5.92 Å². The van der Waals surface area contributed by atoms with Crippen LogP contribution >= 0.6 is 0 Å². The highest BCUT2D eigenvalue weighted by Gasteiger charge is 2.87. The Morgan fingerprint density at radius 2 is 1.33 bits per heavy atom. The summed E-state index contributed by atoms with van der Waals surface area (Å²) in [7, 11) is 0. The molecule has 0 radical (unpaired) electrons. The smallest absolute Gasteiger partial charge is 0.460 e. The van der Waals surface area contributed by atoms with Gasteiger partial charge in [0.25, 0.3) is 0 Å². The largest absolute Gasteiger partial charge is 0.462 e. The monoisotopic (exact) mass is 382 g/mol. The fourth-order valence-corrected chi connectivity index (χ4v) is 1.26. The first-order valence-corrected chi connectivity index (χ1v) is 5.75. The van der Waals surface area contributed by atoms with E-state index in [0.717, 1.165) is 0 Å². The van der Waals surface area contributed by atoms with Crippen LogP contribution in [0.25, 0.3) is 0 Å². The predicted molar refractivity (Wildman–Crippen MR) is 56.2 cm³/mol. The molecule has 0 rings (SSSR count). The number of ether oxygens (including phenoxy) is 1. The standard InChI is InChI=1S/C11H9F11O2/c1-3-6(23)24-4-5(2)7(12,13)8(14,15)9(16,17)10(18,19)11(20,21)22/h3,5H,1,4H2,2H3. The molecule has 0 amide bonds. The Labute approximate surface area is 127 Å². The van der Waals surface area contributed by atoms with Crippen LogP contribution in [0.4, 0.5) is 48.3 Å². The van der Waals surface area contributed by atoms with Crippen LogP contribution in [0.5, 0.6) is 0 Å². The zero-order valence-corrected chi connectivity index (χ0v) is 11.5. The fraction of sp³-hybridized carbons (Fsp3) is 0.727. The Morgan fingerprint density at radius 3 is 1.67 bits per heavy atom. The molecule has 0 aliphatic rings. The van der Waals surface area contributed by atoms with E-state index in [1.807, 2.05) is 0 Å². The van der Waals surface area contributed by atoms with E-state index in [4.69, 9.17) is 0 Å². The summed E-state index contributed by atoms with van der Waals surface area (Å²) in [6.07, 6.45) is -6.83. The Morgan fingerprint density at radius 1 is 0.917 bits per heavy atom. The quantitative estimate of drug-likeness (QED) is 0.369. The van der Waals surface area contributed by atoms with Gasteiger partial charge in [-0.3, -0.25) is 0 Å². The van der Waals surface area contributed by atoms with E-state index >= 15 is 0 Å². The molecule has 0 saturated carbocycles. The van der Waals surface area contributed by atoms with Gasteiger partial charge in [-0.1, -0.05) is 13.5 Å². The summed E-state index contributed by atoms with van der Waals surface area (Å²) in [6.45, 7) is 1.22. The number of halogens is 11. The molecular formula is C11H9F11O2. The molecule has 142 valence electrons. The summed E-state index contributed by atoms with van der Waals surface area (Å²) >= 11 is 0. The summed E-state index contributed by atoms with van der Waals surface area (Å²) in [6, 6.07) is 0. The molecule has 0 N–H and O–H groups in total. The molecule has 13 heteroatoms. The van der Waals surface area contributed by atoms with Gasteiger partial charge in [-0.2, -0.15) is 48.3 Å². The van der Waals surface area contributed by atoms with Gasteiger partial charge in [0.2, 0.25) is 0 Å². The van der Waals surface area contributed by atoms with Crippen molar-refractivity contribution in [3.63, 3.8) is 0 Å². The summed E-state index contributed by atoms with van der Waals surface area (Å²) in [4.78, 5) is 10.6. The Bertz CT molecular complexity index is 481. The minimum Gasteiger partial charge on any atom is -0.462 e. The number of esters is 1. The molecule has 0 spiro atoms. The topological polar surface area (TPSA) is 26.3 Å². The zero-order chi connectivity index (χ0) is 19.8. The molecule has 1 atom stereocenters. The predicted octanol–water partition coefficient (Wildman–Crippen LogP) is 4.46. The molecule has 1 unspecified atom stereocenters. The van der Waals surface area contributed by atoms with Crippen molar-refractivity contribution < 1.29 is 57.8 Å². The second-order valence-corrected chi connectivity index (χ2v) is 4.58. The second kappa shape index (κ2) is 6.39. The maximum Gasteiger partial charge on any atom is 0.460 e. The highest BCUT2D eigenvalue weighted by atomic mass is 19.4. The molecule has 0 heterocycles. The molecule has 0 aromatic carbocycles. The fourth-order valence-electron chi connectivity index (χ4n) is 1.26. The highest BCUT2D eigenvalue weighted by molar-refractivity contribution is 5.81. The zero-order valence-electron chi connectivity index (χ0n) is 11.5. The first-order chi connectivity index (χ1) is 10.4. The molecule has 2 nitrogen and oxygen atoms in total. The number of hydrogen-bond donors (Lipinski definition) is 0. The van der Waals surface area contributed by atoms with Crippen molar-refractivity contribution in [1.82, 2.24) is 0 Å². The average Bonchev–Trinajstić information content (AvgIpc) is 2.42. The van der Waals surface area contributed by atoms with Crippen molar-refractivity contribution in [3.05, 3.63) is 12.7 Å². The minimum absolute atomic E-state index is 0.0894. The van der Waals surface area contributed by atoms with Gasteiger partial charge in [0.05, 0.1) is 5.92 Å². The van der Waals surface area contributed by atoms with Crippen molar-refractivity contribution in [2.45, 2.75) is 36.8 Å².